The largest absolute Gasteiger partial charge is 0.478 e. The molecule has 0 heterocycles. The monoisotopic (exact) mass is 517 g/mol. The quantitative estimate of drug-likeness (QED) is 0.237. The SMILES string of the molecule is CCc1cc(CC)cc(C(=O)O)c1.CCc1cc(CC)cc(C(C)=O)c1.CCc1cc(N)cc(C(C)=O)c1. The number of benzene rings is 3. The Morgan fingerprint density at radius 2 is 0.816 bits per heavy atom. The molecule has 3 N–H and O–H groups in total. The maximum atomic E-state index is 11.2. The second-order valence-corrected chi connectivity index (χ2v) is 9.22. The van der Waals surface area contributed by atoms with Gasteiger partial charge in [-0.1, -0.05) is 46.8 Å². The van der Waals surface area contributed by atoms with Gasteiger partial charge in [0.15, 0.2) is 11.6 Å². The summed E-state index contributed by atoms with van der Waals surface area (Å²) < 4.78 is 0. The van der Waals surface area contributed by atoms with Crippen LogP contribution < -0.4 is 5.73 Å². The topological polar surface area (TPSA) is 97.5 Å². The lowest BCUT2D eigenvalue weighted by molar-refractivity contribution is 0.0696. The fraction of sp³-hybridized carbons (Fsp3) is 0.364. The number of ketones is 2. The molecular formula is C33H43NO4. The zero-order chi connectivity index (χ0) is 28.8. The minimum absolute atomic E-state index is 0.0667. The van der Waals surface area contributed by atoms with E-state index in [1.807, 2.05) is 45.0 Å². The molecule has 3 aromatic rings. The van der Waals surface area contributed by atoms with Crippen LogP contribution in [-0.4, -0.2) is 22.6 Å². The van der Waals surface area contributed by atoms with Crippen molar-refractivity contribution in [3.05, 3.63) is 99.1 Å². The second kappa shape index (κ2) is 16.2. The van der Waals surface area contributed by atoms with Crippen LogP contribution in [0.1, 0.15) is 107 Å². The van der Waals surface area contributed by atoms with E-state index in [4.69, 9.17) is 10.8 Å². The van der Waals surface area contributed by atoms with E-state index in [1.165, 1.54) is 11.1 Å². The number of nitrogens with two attached hydrogens (primary N) is 1. The summed E-state index contributed by atoms with van der Waals surface area (Å²) in [6, 6.07) is 17.2. The number of nitrogen functional groups attached to an aromatic ring is 1. The Bertz CT molecular complexity index is 1130. The number of carboxylic acids is 1. The lowest BCUT2D eigenvalue weighted by Gasteiger charge is -2.04. The van der Waals surface area contributed by atoms with Crippen molar-refractivity contribution in [3.63, 3.8) is 0 Å². The molecular weight excluding hydrogens is 474 g/mol. The molecule has 0 radical (unpaired) electrons. The number of carboxylic acid groups (broad SMARTS) is 1. The number of aryl methyl sites for hydroxylation is 5. The summed E-state index contributed by atoms with van der Waals surface area (Å²) in [7, 11) is 0. The van der Waals surface area contributed by atoms with Crippen molar-refractivity contribution in [1.82, 2.24) is 0 Å². The molecule has 0 aliphatic heterocycles. The first-order chi connectivity index (χ1) is 18.0. The van der Waals surface area contributed by atoms with Gasteiger partial charge in [-0.05, 0) is 116 Å². The van der Waals surface area contributed by atoms with E-state index in [0.717, 1.165) is 54.4 Å². The van der Waals surface area contributed by atoms with Crippen LogP contribution >= 0.6 is 0 Å². The van der Waals surface area contributed by atoms with E-state index in [2.05, 4.69) is 26.0 Å². The van der Waals surface area contributed by atoms with Crippen molar-refractivity contribution in [2.75, 3.05) is 5.73 Å². The highest BCUT2D eigenvalue weighted by atomic mass is 16.4. The van der Waals surface area contributed by atoms with E-state index in [9.17, 15) is 14.4 Å². The van der Waals surface area contributed by atoms with Gasteiger partial charge in [0.1, 0.15) is 0 Å². The minimum Gasteiger partial charge on any atom is -0.478 e. The zero-order valence-electron chi connectivity index (χ0n) is 24.0. The summed E-state index contributed by atoms with van der Waals surface area (Å²) in [6.45, 7) is 13.5. The predicted octanol–water partition coefficient (Wildman–Crippen LogP) is 7.56. The Morgan fingerprint density at radius 3 is 1.11 bits per heavy atom. The van der Waals surface area contributed by atoms with Crippen LogP contribution in [0.15, 0.2) is 54.6 Å². The number of hydrogen-bond donors (Lipinski definition) is 2. The first kappa shape index (κ1) is 32.3. The van der Waals surface area contributed by atoms with E-state index < -0.39 is 5.97 Å². The van der Waals surface area contributed by atoms with Gasteiger partial charge < -0.3 is 10.8 Å². The number of carbonyl (C=O) groups excluding carboxylic acids is 2. The van der Waals surface area contributed by atoms with Crippen molar-refractivity contribution < 1.29 is 19.5 Å². The Balaban J connectivity index is 0.000000285. The highest BCUT2D eigenvalue weighted by Gasteiger charge is 2.05. The Kier molecular flexibility index (Phi) is 13.8. The zero-order valence-corrected chi connectivity index (χ0v) is 24.0. The van der Waals surface area contributed by atoms with Crippen LogP contribution in [0.2, 0.25) is 0 Å². The third-order valence-electron chi connectivity index (χ3n) is 6.22. The molecule has 38 heavy (non-hydrogen) atoms. The summed E-state index contributed by atoms with van der Waals surface area (Å²) in [5.41, 5.74) is 14.0. The summed E-state index contributed by atoms with van der Waals surface area (Å²) in [6.07, 6.45) is 4.66. The van der Waals surface area contributed by atoms with Crippen molar-refractivity contribution in [3.8, 4) is 0 Å². The lowest BCUT2D eigenvalue weighted by atomic mass is 10.0. The van der Waals surface area contributed by atoms with E-state index in [-0.39, 0.29) is 11.6 Å². The number of Topliss-reactive ketones (excluding diaryl/α,β-unsaturated/α-hetero) is 2. The van der Waals surface area contributed by atoms with Crippen molar-refractivity contribution in [2.24, 2.45) is 0 Å². The van der Waals surface area contributed by atoms with E-state index in [1.54, 1.807) is 32.0 Å². The number of rotatable bonds is 8. The number of carbonyl (C=O) groups is 3. The molecule has 0 aliphatic carbocycles. The molecule has 0 atom stereocenters. The molecule has 0 unspecified atom stereocenters. The normalized spacial score (nSPS) is 9.97. The van der Waals surface area contributed by atoms with Gasteiger partial charge in [-0.15, -0.1) is 0 Å². The van der Waals surface area contributed by atoms with Gasteiger partial charge in [-0.2, -0.15) is 0 Å². The highest BCUT2D eigenvalue weighted by Crippen LogP contribution is 2.14. The molecule has 3 aromatic carbocycles. The molecule has 0 saturated heterocycles. The van der Waals surface area contributed by atoms with Crippen LogP contribution in [0.5, 0.6) is 0 Å². The molecule has 0 aromatic heterocycles. The molecule has 5 nitrogen and oxygen atoms in total. The standard InChI is InChI=1S/C12H16O.C11H14O2.C10H13NO/c1-4-10-6-11(5-2)8-12(7-10)9(3)13;1-3-8-5-9(4-2)7-10(6-8)11(12)13;1-3-8-4-9(7(2)12)6-10(11)5-8/h6-8H,4-5H2,1-3H3;5-7H,3-4H2,1-2H3,(H,12,13);4-6H,3,11H2,1-2H3. The molecule has 204 valence electrons. The van der Waals surface area contributed by atoms with Gasteiger partial charge in [0.25, 0.3) is 0 Å². The van der Waals surface area contributed by atoms with Crippen LogP contribution in [0.3, 0.4) is 0 Å². The maximum Gasteiger partial charge on any atom is 0.335 e. The molecule has 0 spiro atoms. The fourth-order valence-corrected chi connectivity index (χ4v) is 3.79. The third kappa shape index (κ3) is 10.7. The Morgan fingerprint density at radius 1 is 0.526 bits per heavy atom. The Hall–Kier alpha value is -3.73. The Labute approximate surface area is 228 Å². The fourth-order valence-electron chi connectivity index (χ4n) is 3.79. The van der Waals surface area contributed by atoms with E-state index >= 15 is 0 Å². The van der Waals surface area contributed by atoms with Gasteiger partial charge in [-0.3, -0.25) is 9.59 Å². The predicted molar refractivity (Wildman–Crippen MR) is 158 cm³/mol. The summed E-state index contributed by atoms with van der Waals surface area (Å²) in [5.74, 6) is -0.619. The molecule has 3 rings (SSSR count). The molecule has 5 heteroatoms. The average molecular weight is 518 g/mol. The maximum absolute atomic E-state index is 11.2. The van der Waals surface area contributed by atoms with Crippen LogP contribution in [0.4, 0.5) is 5.69 Å². The number of hydrogen-bond acceptors (Lipinski definition) is 4. The molecule has 0 saturated carbocycles. The highest BCUT2D eigenvalue weighted by molar-refractivity contribution is 5.95. The van der Waals surface area contributed by atoms with Crippen molar-refractivity contribution in [2.45, 2.75) is 80.6 Å². The van der Waals surface area contributed by atoms with Gasteiger partial charge in [0.2, 0.25) is 0 Å². The average Bonchev–Trinajstić information content (AvgIpc) is 2.92. The van der Waals surface area contributed by atoms with Crippen LogP contribution in [0, 0.1) is 0 Å². The third-order valence-corrected chi connectivity index (χ3v) is 6.22. The van der Waals surface area contributed by atoms with Crippen molar-refractivity contribution >= 4 is 23.2 Å². The van der Waals surface area contributed by atoms with Crippen LogP contribution in [-0.2, 0) is 32.1 Å². The number of anilines is 1. The summed E-state index contributed by atoms with van der Waals surface area (Å²) >= 11 is 0. The van der Waals surface area contributed by atoms with Gasteiger partial charge in [-0.25, -0.2) is 4.79 Å². The second-order valence-electron chi connectivity index (χ2n) is 9.22. The van der Waals surface area contributed by atoms with E-state index in [0.29, 0.717) is 16.8 Å². The molecule has 0 amide bonds. The lowest BCUT2D eigenvalue weighted by Crippen LogP contribution is -1.99. The first-order valence-corrected chi connectivity index (χ1v) is 13.4. The number of aromatic carboxylic acids is 1. The van der Waals surface area contributed by atoms with Gasteiger partial charge >= 0.3 is 5.97 Å². The summed E-state index contributed by atoms with van der Waals surface area (Å²) in [4.78, 5) is 32.9. The summed E-state index contributed by atoms with van der Waals surface area (Å²) in [5, 5.41) is 8.82. The van der Waals surface area contributed by atoms with Gasteiger partial charge in [0, 0.05) is 16.8 Å². The van der Waals surface area contributed by atoms with Crippen molar-refractivity contribution in [1.29, 1.82) is 0 Å². The smallest absolute Gasteiger partial charge is 0.335 e. The van der Waals surface area contributed by atoms with Crippen LogP contribution in [0.25, 0.3) is 0 Å². The molecule has 0 aliphatic rings. The first-order valence-electron chi connectivity index (χ1n) is 13.4. The molecule has 0 bridgehead atoms. The molecule has 0 fully saturated rings. The minimum atomic E-state index is -0.843. The van der Waals surface area contributed by atoms with Gasteiger partial charge in [0.05, 0.1) is 5.56 Å².